The van der Waals surface area contributed by atoms with Crippen molar-refractivity contribution in [1.82, 2.24) is 10.2 Å². The lowest BCUT2D eigenvalue weighted by atomic mass is 9.83. The van der Waals surface area contributed by atoms with Crippen LogP contribution in [0.2, 0.25) is 0 Å². The van der Waals surface area contributed by atoms with E-state index < -0.39 is 0 Å². The average molecular weight is 359 g/mol. The normalized spacial score (nSPS) is 23.3. The number of amides is 1. The summed E-state index contributed by atoms with van der Waals surface area (Å²) in [4.78, 5) is 15.4. The van der Waals surface area contributed by atoms with Gasteiger partial charge in [0.05, 0.1) is 13.2 Å². The molecule has 144 valence electrons. The van der Waals surface area contributed by atoms with Crippen LogP contribution in [0, 0.1) is 11.8 Å². The molecule has 1 amide bonds. The lowest BCUT2D eigenvalue weighted by Crippen LogP contribution is -2.37. The van der Waals surface area contributed by atoms with Crippen molar-refractivity contribution in [2.75, 3.05) is 26.7 Å². The molecule has 0 bridgehead atoms. The van der Waals surface area contributed by atoms with Crippen LogP contribution in [0.4, 0.5) is 0 Å². The van der Waals surface area contributed by atoms with Gasteiger partial charge in [0.15, 0.2) is 0 Å². The van der Waals surface area contributed by atoms with E-state index in [0.29, 0.717) is 24.2 Å². The highest BCUT2D eigenvalue weighted by atomic mass is 16.5. The molecule has 0 spiro atoms. The number of ether oxygens (including phenoxy) is 1. The van der Waals surface area contributed by atoms with Gasteiger partial charge in [0.2, 0.25) is 5.91 Å². The van der Waals surface area contributed by atoms with Gasteiger partial charge in [0.25, 0.3) is 0 Å². The van der Waals surface area contributed by atoms with Crippen molar-refractivity contribution in [2.24, 2.45) is 11.8 Å². The van der Waals surface area contributed by atoms with Crippen molar-refractivity contribution < 1.29 is 9.53 Å². The minimum absolute atomic E-state index is 0.219. The quantitative estimate of drug-likeness (QED) is 0.859. The van der Waals surface area contributed by atoms with Crippen molar-refractivity contribution in [1.29, 1.82) is 0 Å². The molecule has 4 nitrogen and oxygen atoms in total. The highest BCUT2D eigenvalue weighted by molar-refractivity contribution is 5.77. The molecule has 1 aromatic rings. The minimum Gasteiger partial charge on any atom is -0.497 e. The third kappa shape index (κ3) is 4.79. The molecule has 2 fully saturated rings. The van der Waals surface area contributed by atoms with Crippen molar-refractivity contribution in [2.45, 2.75) is 57.9 Å². The fourth-order valence-electron chi connectivity index (χ4n) is 4.55. The molecule has 0 aromatic heterocycles. The van der Waals surface area contributed by atoms with E-state index in [1.54, 1.807) is 7.11 Å². The molecule has 2 unspecified atom stereocenters. The molecular formula is C22H34N2O2. The summed E-state index contributed by atoms with van der Waals surface area (Å²) >= 11 is 0. The smallest absolute Gasteiger partial charge is 0.223 e. The van der Waals surface area contributed by atoms with Crippen LogP contribution in [0.3, 0.4) is 0 Å². The lowest BCUT2D eigenvalue weighted by Gasteiger charge is -2.33. The van der Waals surface area contributed by atoms with E-state index in [4.69, 9.17) is 4.74 Å². The number of nitrogens with one attached hydrogen (secondary N) is 1. The van der Waals surface area contributed by atoms with Crippen LogP contribution in [0.1, 0.15) is 63.5 Å². The van der Waals surface area contributed by atoms with Crippen LogP contribution in [0.25, 0.3) is 0 Å². The first-order chi connectivity index (χ1) is 12.7. The van der Waals surface area contributed by atoms with E-state index in [0.717, 1.165) is 38.2 Å². The van der Waals surface area contributed by atoms with E-state index in [1.165, 1.54) is 31.2 Å². The SMILES string of the molecule is COc1ccc(C2CCCCCN2C(=O)CC(C)C2CCNCC2)cc1. The van der Waals surface area contributed by atoms with E-state index in [2.05, 4.69) is 29.3 Å². The third-order valence-corrected chi connectivity index (χ3v) is 6.26. The molecule has 3 rings (SSSR count). The number of hydrogen-bond donors (Lipinski definition) is 1. The Balaban J connectivity index is 1.69. The predicted octanol–water partition coefficient (Wildman–Crippen LogP) is 4.16. The monoisotopic (exact) mass is 358 g/mol. The van der Waals surface area contributed by atoms with Crippen LogP contribution in [0.5, 0.6) is 5.75 Å². The summed E-state index contributed by atoms with van der Waals surface area (Å²) in [6, 6.07) is 8.51. The van der Waals surface area contributed by atoms with Gasteiger partial charge in [0, 0.05) is 13.0 Å². The summed E-state index contributed by atoms with van der Waals surface area (Å²) in [6.45, 7) is 5.37. The molecule has 0 aliphatic carbocycles. The maximum atomic E-state index is 13.2. The van der Waals surface area contributed by atoms with Gasteiger partial charge in [-0.2, -0.15) is 0 Å². The Bertz CT molecular complexity index is 566. The second-order valence-electron chi connectivity index (χ2n) is 7.99. The first-order valence-electron chi connectivity index (χ1n) is 10.3. The molecule has 2 aliphatic heterocycles. The number of likely N-dealkylation sites (tertiary alicyclic amines) is 1. The summed E-state index contributed by atoms with van der Waals surface area (Å²) in [7, 11) is 1.69. The van der Waals surface area contributed by atoms with Crippen LogP contribution in [-0.4, -0.2) is 37.6 Å². The van der Waals surface area contributed by atoms with Gasteiger partial charge in [-0.1, -0.05) is 31.9 Å². The summed E-state index contributed by atoms with van der Waals surface area (Å²) in [5.74, 6) is 2.38. The maximum Gasteiger partial charge on any atom is 0.223 e. The van der Waals surface area contributed by atoms with E-state index in [-0.39, 0.29) is 6.04 Å². The van der Waals surface area contributed by atoms with Gasteiger partial charge in [-0.25, -0.2) is 0 Å². The van der Waals surface area contributed by atoms with Crippen LogP contribution in [0.15, 0.2) is 24.3 Å². The molecule has 0 radical (unpaired) electrons. The largest absolute Gasteiger partial charge is 0.497 e. The maximum absolute atomic E-state index is 13.2. The second kappa shape index (κ2) is 9.40. The number of carbonyl (C=O) groups excluding carboxylic acids is 1. The van der Waals surface area contributed by atoms with Crippen molar-refractivity contribution in [3.05, 3.63) is 29.8 Å². The molecule has 0 saturated carbocycles. The molecule has 1 aromatic carbocycles. The van der Waals surface area contributed by atoms with E-state index in [1.807, 2.05) is 12.1 Å². The third-order valence-electron chi connectivity index (χ3n) is 6.26. The molecule has 2 heterocycles. The molecular weight excluding hydrogens is 324 g/mol. The summed E-state index contributed by atoms with van der Waals surface area (Å²) < 4.78 is 5.29. The number of hydrogen-bond acceptors (Lipinski definition) is 3. The Morgan fingerprint density at radius 2 is 1.88 bits per heavy atom. The van der Waals surface area contributed by atoms with Gasteiger partial charge >= 0.3 is 0 Å². The number of piperidine rings is 1. The van der Waals surface area contributed by atoms with Crippen molar-refractivity contribution in [3.63, 3.8) is 0 Å². The molecule has 2 saturated heterocycles. The van der Waals surface area contributed by atoms with E-state index in [9.17, 15) is 4.79 Å². The number of methoxy groups -OCH3 is 1. The van der Waals surface area contributed by atoms with Crippen LogP contribution in [-0.2, 0) is 4.79 Å². The Kier molecular flexibility index (Phi) is 6.95. The topological polar surface area (TPSA) is 41.6 Å². The highest BCUT2D eigenvalue weighted by Crippen LogP contribution is 2.33. The molecule has 2 atom stereocenters. The number of nitrogens with zero attached hydrogens (tertiary/aromatic N) is 1. The summed E-state index contributed by atoms with van der Waals surface area (Å²) in [5.41, 5.74) is 1.25. The fraction of sp³-hybridized carbons (Fsp3) is 0.682. The molecule has 1 N–H and O–H groups in total. The summed E-state index contributed by atoms with van der Waals surface area (Å²) in [6.07, 6.45) is 7.72. The molecule has 2 aliphatic rings. The second-order valence-corrected chi connectivity index (χ2v) is 7.99. The number of rotatable bonds is 5. The van der Waals surface area contributed by atoms with E-state index >= 15 is 0 Å². The number of carbonyl (C=O) groups is 1. The zero-order chi connectivity index (χ0) is 18.4. The minimum atomic E-state index is 0.219. The van der Waals surface area contributed by atoms with Gasteiger partial charge < -0.3 is 15.0 Å². The van der Waals surface area contributed by atoms with Gasteiger partial charge in [0.1, 0.15) is 5.75 Å². The van der Waals surface area contributed by atoms with Crippen molar-refractivity contribution in [3.8, 4) is 5.75 Å². The predicted molar refractivity (Wildman–Crippen MR) is 105 cm³/mol. The Labute approximate surface area is 158 Å². The van der Waals surface area contributed by atoms with Crippen molar-refractivity contribution >= 4 is 5.91 Å². The highest BCUT2D eigenvalue weighted by Gasteiger charge is 2.29. The standard InChI is InChI=1S/C22H34N2O2/c1-17(18-11-13-23-14-12-18)16-22(25)24-15-5-3-4-6-21(24)19-7-9-20(26-2)10-8-19/h7-10,17-18,21,23H,3-6,11-16H2,1-2H3. The first kappa shape index (κ1) is 19.2. The molecule has 26 heavy (non-hydrogen) atoms. The number of benzene rings is 1. The molecule has 4 heteroatoms. The van der Waals surface area contributed by atoms with Gasteiger partial charge in [-0.15, -0.1) is 0 Å². The average Bonchev–Trinajstić information content (AvgIpc) is 2.95. The van der Waals surface area contributed by atoms with Gasteiger partial charge in [-0.3, -0.25) is 4.79 Å². The first-order valence-corrected chi connectivity index (χ1v) is 10.3. The summed E-state index contributed by atoms with van der Waals surface area (Å²) in [5, 5.41) is 3.43. The Morgan fingerprint density at radius 1 is 1.15 bits per heavy atom. The zero-order valence-corrected chi connectivity index (χ0v) is 16.4. The van der Waals surface area contributed by atoms with Crippen LogP contribution >= 0.6 is 0 Å². The Hall–Kier alpha value is -1.55. The Morgan fingerprint density at radius 3 is 2.58 bits per heavy atom. The fourth-order valence-corrected chi connectivity index (χ4v) is 4.55. The van der Waals surface area contributed by atoms with Gasteiger partial charge in [-0.05, 0) is 68.3 Å². The zero-order valence-electron chi connectivity index (χ0n) is 16.4. The lowest BCUT2D eigenvalue weighted by molar-refractivity contribution is -0.135. The van der Waals surface area contributed by atoms with Crippen LogP contribution < -0.4 is 10.1 Å².